The second kappa shape index (κ2) is 5.38. The van der Waals surface area contributed by atoms with Gasteiger partial charge in [-0.2, -0.15) is 0 Å². The molecule has 0 spiro atoms. The lowest BCUT2D eigenvalue weighted by Gasteiger charge is -1.99. The summed E-state index contributed by atoms with van der Waals surface area (Å²) >= 11 is 5.75. The molecule has 1 aromatic rings. The summed E-state index contributed by atoms with van der Waals surface area (Å²) in [5.74, 6) is 3.60. The maximum Gasteiger partial charge on any atom is 0.384 e. The Morgan fingerprint density at radius 2 is 2.33 bits per heavy atom. The van der Waals surface area contributed by atoms with Gasteiger partial charge in [0.2, 0.25) is 0 Å². The first kappa shape index (κ1) is 11.5. The lowest BCUT2D eigenvalue weighted by atomic mass is 10.1. The largest absolute Gasteiger partial charge is 0.459 e. The molecule has 1 rings (SSSR count). The number of ether oxygens (including phenoxy) is 1. The van der Waals surface area contributed by atoms with Crippen molar-refractivity contribution >= 4 is 17.6 Å². The molecule has 0 aliphatic heterocycles. The van der Waals surface area contributed by atoms with Crippen molar-refractivity contribution in [1.29, 1.82) is 0 Å². The molecular weight excluding hydrogens is 219 g/mol. The third-order valence-corrected chi connectivity index (χ3v) is 2.06. The molecule has 0 atom stereocenters. The van der Waals surface area contributed by atoms with Crippen molar-refractivity contribution in [2.45, 2.75) is 6.42 Å². The molecule has 0 radical (unpaired) electrons. The smallest absolute Gasteiger partial charge is 0.384 e. The van der Waals surface area contributed by atoms with Gasteiger partial charge in [0, 0.05) is 22.9 Å². The average Bonchev–Trinajstić information content (AvgIpc) is 2.22. The number of rotatable bonds is 1. The SMILES string of the molecule is COC(=O)C#CCc1c(F)cccc1Cl. The predicted octanol–water partition coefficient (Wildman–Crippen LogP) is 2.20. The zero-order valence-corrected chi connectivity index (χ0v) is 8.77. The molecule has 1 aromatic carbocycles. The second-order valence-corrected chi connectivity index (χ2v) is 3.08. The van der Waals surface area contributed by atoms with Crippen LogP contribution in [0.25, 0.3) is 0 Å². The van der Waals surface area contributed by atoms with Gasteiger partial charge in [0.15, 0.2) is 0 Å². The molecule has 0 unspecified atom stereocenters. The quantitative estimate of drug-likeness (QED) is 0.417. The molecule has 0 heterocycles. The summed E-state index contributed by atoms with van der Waals surface area (Å²) in [5, 5.41) is 0.300. The lowest BCUT2D eigenvalue weighted by Crippen LogP contribution is -1.95. The van der Waals surface area contributed by atoms with Gasteiger partial charge < -0.3 is 4.74 Å². The van der Waals surface area contributed by atoms with Crippen LogP contribution in [0.3, 0.4) is 0 Å². The first-order chi connectivity index (χ1) is 7.15. The zero-order chi connectivity index (χ0) is 11.3. The predicted molar refractivity (Wildman–Crippen MR) is 54.9 cm³/mol. The lowest BCUT2D eigenvalue weighted by molar-refractivity contribution is -0.133. The van der Waals surface area contributed by atoms with Crippen molar-refractivity contribution in [3.8, 4) is 11.8 Å². The first-order valence-electron chi connectivity index (χ1n) is 4.15. The zero-order valence-electron chi connectivity index (χ0n) is 8.01. The summed E-state index contributed by atoms with van der Waals surface area (Å²) in [6.45, 7) is 0. The summed E-state index contributed by atoms with van der Waals surface area (Å²) in [4.78, 5) is 10.6. The van der Waals surface area contributed by atoms with Crippen LogP contribution in [0.5, 0.6) is 0 Å². The van der Waals surface area contributed by atoms with Crippen LogP contribution in [0.1, 0.15) is 5.56 Å². The van der Waals surface area contributed by atoms with Gasteiger partial charge in [0.25, 0.3) is 0 Å². The number of hydrogen-bond acceptors (Lipinski definition) is 2. The molecule has 0 saturated heterocycles. The van der Waals surface area contributed by atoms with Gasteiger partial charge in [-0.3, -0.25) is 0 Å². The monoisotopic (exact) mass is 226 g/mol. The second-order valence-electron chi connectivity index (χ2n) is 2.67. The molecule has 78 valence electrons. The maximum absolute atomic E-state index is 13.2. The fourth-order valence-electron chi connectivity index (χ4n) is 0.957. The normalized spacial score (nSPS) is 9.00. The Hall–Kier alpha value is -1.53. The van der Waals surface area contributed by atoms with E-state index in [1.54, 1.807) is 6.07 Å². The molecule has 0 aromatic heterocycles. The fraction of sp³-hybridized carbons (Fsp3) is 0.182. The van der Waals surface area contributed by atoms with Crippen molar-refractivity contribution in [1.82, 2.24) is 0 Å². The van der Waals surface area contributed by atoms with Crippen LogP contribution in [0.2, 0.25) is 5.02 Å². The highest BCUT2D eigenvalue weighted by atomic mass is 35.5. The Morgan fingerprint density at radius 3 is 2.93 bits per heavy atom. The maximum atomic E-state index is 13.2. The van der Waals surface area contributed by atoms with Crippen molar-refractivity contribution < 1.29 is 13.9 Å². The van der Waals surface area contributed by atoms with Gasteiger partial charge in [0.1, 0.15) is 5.82 Å². The Labute approximate surface area is 92.0 Å². The van der Waals surface area contributed by atoms with Crippen LogP contribution in [0, 0.1) is 17.7 Å². The van der Waals surface area contributed by atoms with E-state index in [2.05, 4.69) is 16.6 Å². The number of halogens is 2. The Kier molecular flexibility index (Phi) is 4.14. The highest BCUT2D eigenvalue weighted by Crippen LogP contribution is 2.18. The van der Waals surface area contributed by atoms with Gasteiger partial charge in [0.05, 0.1) is 7.11 Å². The topological polar surface area (TPSA) is 26.3 Å². The van der Waals surface area contributed by atoms with Crippen LogP contribution in [-0.2, 0) is 16.0 Å². The van der Waals surface area contributed by atoms with Gasteiger partial charge in [-0.05, 0) is 12.1 Å². The van der Waals surface area contributed by atoms with E-state index in [0.29, 0.717) is 5.02 Å². The van der Waals surface area contributed by atoms with E-state index in [9.17, 15) is 9.18 Å². The van der Waals surface area contributed by atoms with E-state index in [4.69, 9.17) is 11.6 Å². The Morgan fingerprint density at radius 1 is 1.60 bits per heavy atom. The summed E-state index contributed by atoms with van der Waals surface area (Å²) in [7, 11) is 1.23. The minimum atomic E-state index is -0.650. The molecule has 0 saturated carbocycles. The molecule has 4 heteroatoms. The Bertz CT molecular complexity index is 412. The van der Waals surface area contributed by atoms with E-state index in [-0.39, 0.29) is 12.0 Å². The molecule has 0 N–H and O–H groups in total. The molecule has 0 amide bonds. The minimum Gasteiger partial charge on any atom is -0.459 e. The highest BCUT2D eigenvalue weighted by Gasteiger charge is 2.04. The third-order valence-electron chi connectivity index (χ3n) is 1.70. The van der Waals surface area contributed by atoms with E-state index < -0.39 is 11.8 Å². The van der Waals surface area contributed by atoms with Crippen molar-refractivity contribution in [3.05, 3.63) is 34.6 Å². The van der Waals surface area contributed by atoms with Gasteiger partial charge in [-0.25, -0.2) is 9.18 Å². The van der Waals surface area contributed by atoms with Crippen LogP contribution in [-0.4, -0.2) is 13.1 Å². The summed E-state index contributed by atoms with van der Waals surface area (Å²) in [5.41, 5.74) is 0.288. The molecule has 0 aliphatic carbocycles. The van der Waals surface area contributed by atoms with E-state index in [0.717, 1.165) is 0 Å². The van der Waals surface area contributed by atoms with E-state index in [1.807, 2.05) is 0 Å². The fourth-order valence-corrected chi connectivity index (χ4v) is 1.19. The van der Waals surface area contributed by atoms with Crippen molar-refractivity contribution in [2.24, 2.45) is 0 Å². The van der Waals surface area contributed by atoms with E-state index in [1.165, 1.54) is 19.2 Å². The first-order valence-corrected chi connectivity index (χ1v) is 4.52. The van der Waals surface area contributed by atoms with Gasteiger partial charge in [-0.15, -0.1) is 0 Å². The third kappa shape index (κ3) is 3.26. The number of esters is 1. The van der Waals surface area contributed by atoms with Gasteiger partial charge in [-0.1, -0.05) is 23.6 Å². The number of benzene rings is 1. The summed E-state index contributed by atoms with van der Waals surface area (Å²) in [6.07, 6.45) is 0.0839. The summed E-state index contributed by atoms with van der Waals surface area (Å²) < 4.78 is 17.5. The molecule has 0 aliphatic rings. The van der Waals surface area contributed by atoms with Crippen molar-refractivity contribution in [3.63, 3.8) is 0 Å². The van der Waals surface area contributed by atoms with Crippen LogP contribution >= 0.6 is 11.6 Å². The van der Waals surface area contributed by atoms with Crippen molar-refractivity contribution in [2.75, 3.05) is 7.11 Å². The molecule has 15 heavy (non-hydrogen) atoms. The number of methoxy groups -OCH3 is 1. The average molecular weight is 227 g/mol. The number of carbonyl (C=O) groups excluding carboxylic acids is 1. The number of hydrogen-bond donors (Lipinski definition) is 0. The van der Waals surface area contributed by atoms with Crippen LogP contribution in [0.15, 0.2) is 18.2 Å². The highest BCUT2D eigenvalue weighted by molar-refractivity contribution is 6.31. The van der Waals surface area contributed by atoms with Crippen LogP contribution < -0.4 is 0 Å². The molecule has 2 nitrogen and oxygen atoms in total. The summed E-state index contributed by atoms with van der Waals surface area (Å²) in [6, 6.07) is 4.37. The van der Waals surface area contributed by atoms with Gasteiger partial charge >= 0.3 is 5.97 Å². The Balaban J connectivity index is 2.80. The molecular formula is C11H8ClFO2. The number of carbonyl (C=O) groups is 1. The van der Waals surface area contributed by atoms with Crippen LogP contribution in [0.4, 0.5) is 4.39 Å². The molecule has 0 bridgehead atoms. The minimum absolute atomic E-state index is 0.0839. The standard InChI is InChI=1S/C11H8ClFO2/c1-15-11(14)7-2-4-8-9(12)5-3-6-10(8)13/h3,5-6H,4H2,1H3. The molecule has 0 fully saturated rings. The van der Waals surface area contributed by atoms with E-state index >= 15 is 0 Å².